The fourth-order valence-electron chi connectivity index (χ4n) is 5.44. The van der Waals surface area contributed by atoms with E-state index in [1.807, 2.05) is 0 Å². The van der Waals surface area contributed by atoms with Crippen LogP contribution in [0.3, 0.4) is 0 Å². The molecule has 2 aliphatic rings. The highest BCUT2D eigenvalue weighted by molar-refractivity contribution is 7.71. The van der Waals surface area contributed by atoms with E-state index in [2.05, 4.69) is 95.2 Å². The van der Waals surface area contributed by atoms with Crippen LogP contribution in [0.1, 0.15) is 39.2 Å². The van der Waals surface area contributed by atoms with Gasteiger partial charge in [-0.1, -0.05) is 53.0 Å². The summed E-state index contributed by atoms with van der Waals surface area (Å²) in [7, 11) is 8.06. The summed E-state index contributed by atoms with van der Waals surface area (Å²) in [6, 6.07) is 13.3. The molecule has 3 nitrogen and oxygen atoms in total. The molecule has 2 heterocycles. The summed E-state index contributed by atoms with van der Waals surface area (Å²) in [5.41, 5.74) is 6.56. The summed E-state index contributed by atoms with van der Waals surface area (Å²) in [5.74, 6) is 0.421. The zero-order valence-corrected chi connectivity index (χ0v) is 19.0. The van der Waals surface area contributed by atoms with Crippen LogP contribution in [0.25, 0.3) is 11.1 Å². The molecule has 0 N–H and O–H groups in total. The maximum absolute atomic E-state index is 12.5. The van der Waals surface area contributed by atoms with Gasteiger partial charge in [0.1, 0.15) is 5.78 Å². The molecular weight excluding hydrogens is 363 g/mol. The number of carbonyl (C=O) groups is 1. The van der Waals surface area contributed by atoms with E-state index in [0.29, 0.717) is 18.6 Å². The first-order valence-electron chi connectivity index (χ1n) is 10.0. The van der Waals surface area contributed by atoms with Crippen molar-refractivity contribution in [1.29, 1.82) is 0 Å². The first-order valence-corrected chi connectivity index (χ1v) is 11.4. The lowest BCUT2D eigenvalue weighted by molar-refractivity contribution is -0.120. The van der Waals surface area contributed by atoms with E-state index in [0.717, 1.165) is 0 Å². The van der Waals surface area contributed by atoms with Crippen molar-refractivity contribution in [1.82, 2.24) is 0 Å². The quantitative estimate of drug-likeness (QED) is 0.687. The highest BCUT2D eigenvalue weighted by Crippen LogP contribution is 2.76. The lowest BCUT2D eigenvalue weighted by Gasteiger charge is -2.59. The first-order chi connectivity index (χ1) is 13.1. The second kappa shape index (κ2) is 6.32. The second-order valence-electron chi connectivity index (χ2n) is 9.48. The van der Waals surface area contributed by atoms with Gasteiger partial charge in [-0.25, -0.2) is 0 Å². The number of anilines is 2. The molecular formula is C24H31N2OP. The summed E-state index contributed by atoms with van der Waals surface area (Å²) in [6.45, 7) is 6.94. The number of carbonyl (C=O) groups excluding carboxylic acids is 1. The second-order valence-corrected chi connectivity index (χ2v) is 12.8. The largest absolute Gasteiger partial charge is 0.377 e. The van der Waals surface area contributed by atoms with Gasteiger partial charge in [-0.3, -0.25) is 4.79 Å². The predicted molar refractivity (Wildman–Crippen MR) is 123 cm³/mol. The Labute approximate surface area is 170 Å². The van der Waals surface area contributed by atoms with Gasteiger partial charge in [0.05, 0.1) is 0 Å². The van der Waals surface area contributed by atoms with Crippen LogP contribution in [0, 0.1) is 0 Å². The molecule has 28 heavy (non-hydrogen) atoms. The zero-order valence-electron chi connectivity index (χ0n) is 18.1. The molecule has 0 aromatic heterocycles. The number of rotatable bonds is 3. The molecule has 2 aromatic rings. The van der Waals surface area contributed by atoms with E-state index in [1.54, 1.807) is 0 Å². The van der Waals surface area contributed by atoms with Crippen molar-refractivity contribution in [2.24, 2.45) is 0 Å². The normalized spacial score (nSPS) is 24.8. The summed E-state index contributed by atoms with van der Waals surface area (Å²) in [4.78, 5) is 16.9. The van der Waals surface area contributed by atoms with Crippen molar-refractivity contribution in [2.45, 2.75) is 43.9 Å². The van der Waals surface area contributed by atoms with Crippen molar-refractivity contribution in [3.63, 3.8) is 0 Å². The molecule has 2 atom stereocenters. The van der Waals surface area contributed by atoms with Gasteiger partial charge < -0.3 is 9.80 Å². The molecule has 1 fully saturated rings. The van der Waals surface area contributed by atoms with E-state index in [9.17, 15) is 4.79 Å². The molecule has 0 spiro atoms. The summed E-state index contributed by atoms with van der Waals surface area (Å²) >= 11 is 0. The van der Waals surface area contributed by atoms with Crippen LogP contribution < -0.4 is 15.1 Å². The molecule has 148 valence electrons. The maximum atomic E-state index is 12.5. The van der Waals surface area contributed by atoms with Crippen LogP contribution in [0.2, 0.25) is 0 Å². The average molecular weight is 394 g/mol. The molecule has 0 aliphatic carbocycles. The van der Waals surface area contributed by atoms with Crippen LogP contribution in [0.4, 0.5) is 11.4 Å². The molecule has 2 unspecified atom stereocenters. The molecule has 2 aliphatic heterocycles. The van der Waals surface area contributed by atoms with Crippen LogP contribution in [-0.2, 0) is 9.95 Å². The number of Topliss-reactive ketones (excluding diaryl/α,β-unsaturated/α-hetero) is 1. The van der Waals surface area contributed by atoms with Crippen molar-refractivity contribution in [3.8, 4) is 11.1 Å². The minimum Gasteiger partial charge on any atom is -0.377 e. The van der Waals surface area contributed by atoms with Crippen LogP contribution >= 0.6 is 7.92 Å². The summed E-state index contributed by atoms with van der Waals surface area (Å²) in [5, 5.41) is 1.61. The van der Waals surface area contributed by atoms with Gasteiger partial charge in [0, 0.05) is 63.1 Å². The Morgan fingerprint density at radius 2 is 1.43 bits per heavy atom. The number of hydrogen-bond acceptors (Lipinski definition) is 3. The van der Waals surface area contributed by atoms with Crippen molar-refractivity contribution < 1.29 is 4.79 Å². The van der Waals surface area contributed by atoms with Gasteiger partial charge in [-0.15, -0.1) is 0 Å². The Balaban J connectivity index is 2.01. The molecule has 0 bridgehead atoms. The third-order valence-corrected chi connectivity index (χ3v) is 10.0. The van der Waals surface area contributed by atoms with Gasteiger partial charge in [0.25, 0.3) is 0 Å². The Morgan fingerprint density at radius 3 is 2.00 bits per heavy atom. The monoisotopic (exact) mass is 394 g/mol. The Bertz CT molecular complexity index is 937. The highest BCUT2D eigenvalue weighted by Gasteiger charge is 2.59. The number of ketones is 1. The van der Waals surface area contributed by atoms with Gasteiger partial charge in [0.15, 0.2) is 0 Å². The fraction of sp³-hybridized carbons (Fsp3) is 0.458. The number of hydrogen-bond donors (Lipinski definition) is 0. The molecule has 1 saturated heterocycles. The molecule has 4 rings (SSSR count). The summed E-state index contributed by atoms with van der Waals surface area (Å²) < 4.78 is 0. The molecule has 4 heteroatoms. The maximum Gasteiger partial charge on any atom is 0.135 e. The number of nitrogens with zero attached hydrogens (tertiary/aromatic N) is 2. The van der Waals surface area contributed by atoms with Gasteiger partial charge in [-0.05, 0) is 33.7 Å². The summed E-state index contributed by atoms with van der Waals surface area (Å²) in [6.07, 6.45) is 1.41. The Morgan fingerprint density at radius 1 is 0.857 bits per heavy atom. The third kappa shape index (κ3) is 2.63. The molecule has 0 amide bonds. The van der Waals surface area contributed by atoms with E-state index in [1.165, 1.54) is 33.4 Å². The predicted octanol–water partition coefficient (Wildman–Crippen LogP) is 4.96. The van der Waals surface area contributed by atoms with Crippen LogP contribution in [0.15, 0.2) is 36.4 Å². The minimum absolute atomic E-state index is 0.0326. The third-order valence-electron chi connectivity index (χ3n) is 6.36. The number of fused-ring (bicyclic) bond motifs is 4. The lowest BCUT2D eigenvalue weighted by Crippen LogP contribution is -2.52. The van der Waals surface area contributed by atoms with Gasteiger partial charge in [0.2, 0.25) is 0 Å². The number of benzene rings is 2. The van der Waals surface area contributed by atoms with Gasteiger partial charge >= 0.3 is 0 Å². The van der Waals surface area contributed by atoms with Gasteiger partial charge in [-0.2, -0.15) is 0 Å². The highest BCUT2D eigenvalue weighted by atomic mass is 31.1. The smallest absolute Gasteiger partial charge is 0.135 e. The minimum atomic E-state index is -0.406. The standard InChI is InChI=1S/C24H31N2OP/c1-23(2)14-16(27)15-24(3)18-11-8-10-17(22(18)28(23)24)21-19(25(4)5)12-9-13-20(21)26(6)7/h8-13H,14-15H2,1-7H3. The van der Waals surface area contributed by atoms with Crippen molar-refractivity contribution >= 4 is 30.4 Å². The molecule has 2 aromatic carbocycles. The Hall–Kier alpha value is -1.86. The van der Waals surface area contributed by atoms with E-state index in [4.69, 9.17) is 0 Å². The first kappa shape index (κ1) is 19.5. The SMILES string of the molecule is CN(C)c1cccc(N(C)C)c1-c1cccc2c1P1C(C)(C)CC(=O)CC21C. The van der Waals surface area contributed by atoms with E-state index < -0.39 is 7.92 Å². The lowest BCUT2D eigenvalue weighted by atomic mass is 9.86. The van der Waals surface area contributed by atoms with E-state index in [-0.39, 0.29) is 10.3 Å². The molecule has 0 saturated carbocycles. The Kier molecular flexibility index (Phi) is 4.39. The molecule has 0 radical (unpaired) electrons. The van der Waals surface area contributed by atoms with Crippen molar-refractivity contribution in [2.75, 3.05) is 38.0 Å². The topological polar surface area (TPSA) is 23.6 Å². The van der Waals surface area contributed by atoms with Crippen LogP contribution in [0.5, 0.6) is 0 Å². The van der Waals surface area contributed by atoms with E-state index >= 15 is 0 Å². The van der Waals surface area contributed by atoms with Crippen molar-refractivity contribution in [3.05, 3.63) is 42.0 Å². The zero-order chi connectivity index (χ0) is 20.4. The average Bonchev–Trinajstić information content (AvgIpc) is 2.58. The van der Waals surface area contributed by atoms with Crippen LogP contribution in [-0.4, -0.2) is 39.1 Å². The fourth-order valence-corrected chi connectivity index (χ4v) is 9.79.